The van der Waals surface area contributed by atoms with Crippen LogP contribution in [0.15, 0.2) is 91.3 Å². The highest BCUT2D eigenvalue weighted by Crippen LogP contribution is 2.31. The fourth-order valence-corrected chi connectivity index (χ4v) is 3.69. The molecule has 0 fully saturated rings. The van der Waals surface area contributed by atoms with Gasteiger partial charge in [0.15, 0.2) is 0 Å². The Morgan fingerprint density at radius 1 is 0.852 bits per heavy atom. The molecule has 0 saturated heterocycles. The summed E-state index contributed by atoms with van der Waals surface area (Å²) in [6.45, 7) is 3.27. The third-order valence-corrected chi connectivity index (χ3v) is 5.19. The molecule has 0 amide bonds. The van der Waals surface area contributed by atoms with E-state index in [2.05, 4.69) is 108 Å². The second kappa shape index (κ2) is 8.24. The number of nitrogens with one attached hydrogen (secondary N) is 1. The van der Waals surface area contributed by atoms with Crippen LogP contribution in [0.2, 0.25) is 0 Å². The number of rotatable bonds is 7. The number of nitrogens with zero attached hydrogens (tertiary/aromatic N) is 1. The maximum atomic E-state index is 3.69. The molecule has 136 valence electrons. The second-order valence-electron chi connectivity index (χ2n) is 7.11. The van der Waals surface area contributed by atoms with Gasteiger partial charge in [0.25, 0.3) is 0 Å². The highest BCUT2D eigenvalue weighted by molar-refractivity contribution is 5.70. The van der Waals surface area contributed by atoms with Gasteiger partial charge in [0.05, 0.1) is 0 Å². The summed E-state index contributed by atoms with van der Waals surface area (Å²) in [5.74, 6) is 0. The van der Waals surface area contributed by atoms with E-state index in [1.54, 1.807) is 0 Å². The molecule has 1 aromatic carbocycles. The molecule has 0 radical (unpaired) electrons. The first-order valence-corrected chi connectivity index (χ1v) is 9.74. The largest absolute Gasteiger partial charge is 0.324 e. The minimum atomic E-state index is 0.360. The summed E-state index contributed by atoms with van der Waals surface area (Å²) in [6.07, 6.45) is 6.62. The molecule has 1 N–H and O–H groups in total. The van der Waals surface area contributed by atoms with E-state index in [9.17, 15) is 0 Å². The van der Waals surface area contributed by atoms with E-state index in [4.69, 9.17) is 0 Å². The first kappa shape index (κ1) is 17.6. The molecular formula is C25H26N2. The Morgan fingerprint density at radius 3 is 2.48 bits per heavy atom. The van der Waals surface area contributed by atoms with Crippen molar-refractivity contribution in [1.82, 2.24) is 9.88 Å². The number of aryl methyl sites for hydroxylation is 1. The molecule has 27 heavy (non-hydrogen) atoms. The summed E-state index contributed by atoms with van der Waals surface area (Å²) in [5.41, 5.74) is 6.65. The van der Waals surface area contributed by atoms with Gasteiger partial charge < -0.3 is 9.88 Å². The van der Waals surface area contributed by atoms with E-state index < -0.39 is 0 Å². The predicted molar refractivity (Wildman–Crippen MR) is 114 cm³/mol. The first-order chi connectivity index (χ1) is 13.3. The number of benzene rings is 1. The molecule has 0 bridgehead atoms. The van der Waals surface area contributed by atoms with Gasteiger partial charge in [-0.05, 0) is 66.8 Å². The van der Waals surface area contributed by atoms with Crippen LogP contribution in [-0.2, 0) is 6.42 Å². The maximum absolute atomic E-state index is 3.69. The molecular weight excluding hydrogens is 328 g/mol. The smallest absolute Gasteiger partial charge is 0.0449 e. The van der Waals surface area contributed by atoms with Crippen LogP contribution in [0, 0.1) is 0 Å². The van der Waals surface area contributed by atoms with Gasteiger partial charge in [0.2, 0.25) is 0 Å². The Balaban J connectivity index is 1.30. The van der Waals surface area contributed by atoms with Crippen LogP contribution in [0.5, 0.6) is 0 Å². The van der Waals surface area contributed by atoms with E-state index in [0.717, 1.165) is 19.4 Å². The fourth-order valence-electron chi connectivity index (χ4n) is 3.69. The number of hydrogen-bond donors (Lipinski definition) is 1. The Morgan fingerprint density at radius 2 is 1.63 bits per heavy atom. The fraction of sp³-hybridized carbons (Fsp3) is 0.200. The SMILES string of the molecule is CC(NCCCc1ccn(-c2ccccc2)c1)c1ccc2cccccc1-2. The molecule has 1 atom stereocenters. The molecule has 4 rings (SSSR count). The second-order valence-corrected chi connectivity index (χ2v) is 7.11. The molecule has 0 aliphatic heterocycles. The van der Waals surface area contributed by atoms with Crippen LogP contribution in [0.1, 0.15) is 30.5 Å². The van der Waals surface area contributed by atoms with Crippen molar-refractivity contribution in [3.63, 3.8) is 0 Å². The van der Waals surface area contributed by atoms with Crippen LogP contribution < -0.4 is 5.32 Å². The number of fused-ring (bicyclic) bond motifs is 1. The molecule has 0 spiro atoms. The lowest BCUT2D eigenvalue weighted by Crippen LogP contribution is -2.20. The van der Waals surface area contributed by atoms with E-state index in [0.29, 0.717) is 6.04 Å². The lowest BCUT2D eigenvalue weighted by atomic mass is 10.0. The van der Waals surface area contributed by atoms with Crippen molar-refractivity contribution in [1.29, 1.82) is 0 Å². The molecule has 2 heteroatoms. The molecule has 2 aromatic rings. The molecule has 1 unspecified atom stereocenters. The lowest BCUT2D eigenvalue weighted by molar-refractivity contribution is 0.560. The third-order valence-electron chi connectivity index (χ3n) is 5.19. The standard InChI is InChI=1S/C25H26N2/c1-20(24-15-14-22-10-4-2-7-13-25(22)24)26-17-8-9-21-16-18-27(19-21)23-11-5-3-6-12-23/h2-7,10-16,18-20,26H,8-9,17H2,1H3. The van der Waals surface area contributed by atoms with E-state index in [1.165, 1.54) is 27.9 Å². The van der Waals surface area contributed by atoms with Gasteiger partial charge in [-0.15, -0.1) is 0 Å². The van der Waals surface area contributed by atoms with Gasteiger partial charge >= 0.3 is 0 Å². The van der Waals surface area contributed by atoms with Crippen molar-refractivity contribution in [3.05, 3.63) is 102 Å². The summed E-state index contributed by atoms with van der Waals surface area (Å²) in [6, 6.07) is 28.2. The number of para-hydroxylation sites is 1. The molecule has 0 saturated carbocycles. The van der Waals surface area contributed by atoms with Crippen LogP contribution in [0.4, 0.5) is 0 Å². The Hall–Kier alpha value is -2.84. The molecule has 1 heterocycles. The summed E-state index contributed by atoms with van der Waals surface area (Å²) in [5, 5.41) is 3.69. The van der Waals surface area contributed by atoms with Gasteiger partial charge in [-0.2, -0.15) is 0 Å². The quantitative estimate of drug-likeness (QED) is 0.411. The zero-order chi connectivity index (χ0) is 18.5. The maximum Gasteiger partial charge on any atom is 0.0449 e. The predicted octanol–water partition coefficient (Wildman–Crippen LogP) is 5.87. The summed E-state index contributed by atoms with van der Waals surface area (Å²) >= 11 is 0. The average molecular weight is 354 g/mol. The number of hydrogen-bond acceptors (Lipinski definition) is 1. The Labute approximate surface area is 161 Å². The molecule has 2 aliphatic rings. The Kier molecular flexibility index (Phi) is 5.36. The van der Waals surface area contributed by atoms with Crippen molar-refractivity contribution in [3.8, 4) is 16.8 Å². The van der Waals surface area contributed by atoms with Crippen molar-refractivity contribution in [2.24, 2.45) is 0 Å². The highest BCUT2D eigenvalue weighted by Gasteiger charge is 2.13. The van der Waals surface area contributed by atoms with Crippen molar-refractivity contribution in [2.45, 2.75) is 25.8 Å². The summed E-state index contributed by atoms with van der Waals surface area (Å²) in [7, 11) is 0. The average Bonchev–Trinajstić information content (AvgIpc) is 3.27. The monoisotopic (exact) mass is 354 g/mol. The van der Waals surface area contributed by atoms with Crippen LogP contribution in [-0.4, -0.2) is 11.1 Å². The molecule has 2 aliphatic carbocycles. The van der Waals surface area contributed by atoms with Gasteiger partial charge in [0, 0.05) is 24.1 Å². The zero-order valence-corrected chi connectivity index (χ0v) is 15.8. The van der Waals surface area contributed by atoms with Gasteiger partial charge in [-0.1, -0.05) is 60.7 Å². The van der Waals surface area contributed by atoms with E-state index in [1.807, 2.05) is 0 Å². The minimum absolute atomic E-state index is 0.360. The Bertz CT molecular complexity index is 955. The van der Waals surface area contributed by atoms with Crippen molar-refractivity contribution < 1.29 is 0 Å². The third kappa shape index (κ3) is 4.12. The van der Waals surface area contributed by atoms with E-state index >= 15 is 0 Å². The number of aromatic nitrogens is 1. The molecule has 1 aromatic heterocycles. The topological polar surface area (TPSA) is 17.0 Å². The van der Waals surface area contributed by atoms with Crippen molar-refractivity contribution in [2.75, 3.05) is 6.54 Å². The minimum Gasteiger partial charge on any atom is -0.324 e. The molecule has 2 nitrogen and oxygen atoms in total. The van der Waals surface area contributed by atoms with Gasteiger partial charge in [-0.3, -0.25) is 0 Å². The van der Waals surface area contributed by atoms with Crippen LogP contribution in [0.25, 0.3) is 16.8 Å². The highest BCUT2D eigenvalue weighted by atomic mass is 14.9. The summed E-state index contributed by atoms with van der Waals surface area (Å²) < 4.78 is 2.20. The lowest BCUT2D eigenvalue weighted by Gasteiger charge is -2.14. The van der Waals surface area contributed by atoms with Gasteiger partial charge in [0.1, 0.15) is 0 Å². The van der Waals surface area contributed by atoms with Gasteiger partial charge in [-0.25, -0.2) is 0 Å². The van der Waals surface area contributed by atoms with E-state index in [-0.39, 0.29) is 0 Å². The first-order valence-electron chi connectivity index (χ1n) is 9.74. The van der Waals surface area contributed by atoms with Crippen LogP contribution >= 0.6 is 0 Å². The normalized spacial score (nSPS) is 12.3. The van der Waals surface area contributed by atoms with Crippen LogP contribution in [0.3, 0.4) is 0 Å². The zero-order valence-electron chi connectivity index (χ0n) is 15.8. The summed E-state index contributed by atoms with van der Waals surface area (Å²) in [4.78, 5) is 0. The van der Waals surface area contributed by atoms with Crippen molar-refractivity contribution >= 4 is 0 Å².